The van der Waals surface area contributed by atoms with Crippen molar-refractivity contribution in [3.63, 3.8) is 0 Å². The first-order chi connectivity index (χ1) is 25.9. The minimum atomic E-state index is -0.0427. The van der Waals surface area contributed by atoms with Gasteiger partial charge in [0, 0.05) is 55.9 Å². The molecular formula is C43H51N3O7. The lowest BCUT2D eigenvalue weighted by Crippen LogP contribution is -2.38. The molecule has 5 heterocycles. The van der Waals surface area contributed by atoms with Crippen LogP contribution < -0.4 is 28.4 Å². The quantitative estimate of drug-likeness (QED) is 0.208. The van der Waals surface area contributed by atoms with Crippen LogP contribution in [0.2, 0.25) is 0 Å². The largest absolute Gasteiger partial charge is 0.493 e. The molecule has 2 atom stereocenters. The SMILES string of the molecule is COc1ccc2cc1Oc1ccc(cc1)CC1c3cc(c(OC)cc3CCN1C)Oc1c(OC)c(OC)c(CN3CCOCC3)c3c1C(C2)N(C)CC3. The molecule has 5 aliphatic rings. The van der Waals surface area contributed by atoms with Crippen molar-refractivity contribution in [3.05, 3.63) is 93.5 Å². The Morgan fingerprint density at radius 1 is 0.660 bits per heavy atom. The minimum absolute atomic E-state index is 0.0427. The van der Waals surface area contributed by atoms with E-state index >= 15 is 0 Å². The van der Waals surface area contributed by atoms with Crippen LogP contribution in [0.1, 0.15) is 51.0 Å². The molecular weight excluding hydrogens is 670 g/mol. The van der Waals surface area contributed by atoms with Crippen molar-refractivity contribution in [2.24, 2.45) is 0 Å². The lowest BCUT2D eigenvalue weighted by Gasteiger charge is -2.39. The molecule has 4 aromatic carbocycles. The van der Waals surface area contributed by atoms with Crippen molar-refractivity contribution < 1.29 is 33.2 Å². The van der Waals surface area contributed by atoms with E-state index in [2.05, 4.69) is 77.3 Å². The number of likely N-dealkylation sites (N-methyl/N-ethyl adjacent to an activating group) is 2. The van der Waals surface area contributed by atoms with E-state index in [0.29, 0.717) is 54.1 Å². The van der Waals surface area contributed by atoms with Crippen LogP contribution in [0.15, 0.2) is 54.6 Å². The molecule has 1 fully saturated rings. The molecule has 10 heteroatoms. The first kappa shape index (κ1) is 35.5. The van der Waals surface area contributed by atoms with Crippen molar-refractivity contribution in [1.82, 2.24) is 14.7 Å². The summed E-state index contributed by atoms with van der Waals surface area (Å²) in [6.07, 6.45) is 3.32. The van der Waals surface area contributed by atoms with Gasteiger partial charge in [-0.05, 0) is 104 Å². The van der Waals surface area contributed by atoms with Gasteiger partial charge < -0.3 is 33.2 Å². The molecule has 6 bridgehead atoms. The van der Waals surface area contributed by atoms with Gasteiger partial charge in [0.05, 0.1) is 41.7 Å². The van der Waals surface area contributed by atoms with Crippen LogP contribution in [0.5, 0.6) is 46.0 Å². The van der Waals surface area contributed by atoms with Gasteiger partial charge in [0.15, 0.2) is 34.5 Å². The fraction of sp³-hybridized carbons (Fsp3) is 0.442. The van der Waals surface area contributed by atoms with Crippen molar-refractivity contribution in [2.75, 3.05) is 81.9 Å². The third-order valence-electron chi connectivity index (χ3n) is 11.6. The zero-order valence-electron chi connectivity index (χ0n) is 31.8. The van der Waals surface area contributed by atoms with Crippen LogP contribution in [0.3, 0.4) is 0 Å². The van der Waals surface area contributed by atoms with Crippen molar-refractivity contribution >= 4 is 0 Å². The number of fused-ring (bicyclic) bond motifs is 2. The van der Waals surface area contributed by atoms with Gasteiger partial charge in [-0.2, -0.15) is 0 Å². The van der Waals surface area contributed by atoms with E-state index < -0.39 is 0 Å². The van der Waals surface area contributed by atoms with Crippen LogP contribution in [0.4, 0.5) is 0 Å². The Hall–Kier alpha value is -4.48. The minimum Gasteiger partial charge on any atom is -0.493 e. The predicted molar refractivity (Wildman–Crippen MR) is 204 cm³/mol. The van der Waals surface area contributed by atoms with E-state index in [1.807, 2.05) is 6.07 Å². The molecule has 0 N–H and O–H groups in total. The Morgan fingerprint density at radius 3 is 2.08 bits per heavy atom. The highest BCUT2D eigenvalue weighted by atomic mass is 16.5. The van der Waals surface area contributed by atoms with E-state index in [1.165, 1.54) is 22.3 Å². The predicted octanol–water partition coefficient (Wildman–Crippen LogP) is 6.99. The van der Waals surface area contributed by atoms with Gasteiger partial charge in [0.1, 0.15) is 5.75 Å². The molecule has 0 radical (unpaired) electrons. The second-order valence-electron chi connectivity index (χ2n) is 14.6. The summed E-state index contributed by atoms with van der Waals surface area (Å²) in [5, 5.41) is 0. The van der Waals surface area contributed by atoms with Crippen molar-refractivity contribution in [1.29, 1.82) is 0 Å². The number of ether oxygens (including phenoxy) is 7. The van der Waals surface area contributed by atoms with Gasteiger partial charge in [-0.1, -0.05) is 18.2 Å². The number of nitrogens with zero attached hydrogens (tertiary/aromatic N) is 3. The molecule has 5 aliphatic heterocycles. The summed E-state index contributed by atoms with van der Waals surface area (Å²) in [4.78, 5) is 7.31. The first-order valence-electron chi connectivity index (χ1n) is 18.7. The average molecular weight is 722 g/mol. The molecule has 280 valence electrons. The summed E-state index contributed by atoms with van der Waals surface area (Å²) < 4.78 is 44.0. The Labute approximate surface area is 313 Å². The Balaban J connectivity index is 1.37. The van der Waals surface area contributed by atoms with Gasteiger partial charge in [-0.3, -0.25) is 14.7 Å². The van der Waals surface area contributed by atoms with Gasteiger partial charge in [-0.15, -0.1) is 0 Å². The third kappa shape index (κ3) is 6.78. The number of methoxy groups -OCH3 is 4. The zero-order chi connectivity index (χ0) is 36.6. The Bertz CT molecular complexity index is 1960. The molecule has 0 aliphatic carbocycles. The molecule has 9 rings (SSSR count). The van der Waals surface area contributed by atoms with Gasteiger partial charge in [0.25, 0.3) is 0 Å². The van der Waals surface area contributed by atoms with Gasteiger partial charge in [0.2, 0.25) is 5.75 Å². The Morgan fingerprint density at radius 2 is 1.34 bits per heavy atom. The van der Waals surface area contributed by atoms with Crippen LogP contribution in [-0.2, 0) is 37.0 Å². The average Bonchev–Trinajstić information content (AvgIpc) is 3.18. The molecule has 0 spiro atoms. The van der Waals surface area contributed by atoms with E-state index in [4.69, 9.17) is 33.2 Å². The number of rotatable bonds is 6. The first-order valence-corrected chi connectivity index (χ1v) is 18.7. The highest BCUT2D eigenvalue weighted by molar-refractivity contribution is 5.67. The van der Waals surface area contributed by atoms with Crippen LogP contribution in [0.25, 0.3) is 0 Å². The van der Waals surface area contributed by atoms with Crippen LogP contribution in [0, 0.1) is 0 Å². The summed E-state index contributed by atoms with van der Waals surface area (Å²) in [6.45, 7) is 5.72. The highest BCUT2D eigenvalue weighted by Crippen LogP contribution is 2.54. The second-order valence-corrected chi connectivity index (χ2v) is 14.6. The fourth-order valence-electron chi connectivity index (χ4n) is 8.66. The molecule has 53 heavy (non-hydrogen) atoms. The fourth-order valence-corrected chi connectivity index (χ4v) is 8.66. The lowest BCUT2D eigenvalue weighted by molar-refractivity contribution is 0.0336. The zero-order valence-corrected chi connectivity index (χ0v) is 31.8. The number of hydrogen-bond donors (Lipinski definition) is 0. The molecule has 1 saturated heterocycles. The van der Waals surface area contributed by atoms with Gasteiger partial charge >= 0.3 is 0 Å². The summed E-state index contributed by atoms with van der Waals surface area (Å²) in [7, 11) is 11.3. The maximum atomic E-state index is 7.24. The molecule has 0 aromatic heterocycles. The number of benzene rings is 4. The van der Waals surface area contributed by atoms with E-state index in [-0.39, 0.29) is 12.1 Å². The molecule has 0 saturated carbocycles. The maximum Gasteiger partial charge on any atom is 0.204 e. The van der Waals surface area contributed by atoms with Crippen molar-refractivity contribution in [3.8, 4) is 46.0 Å². The molecule has 2 unspecified atom stereocenters. The van der Waals surface area contributed by atoms with E-state index in [9.17, 15) is 0 Å². The maximum absolute atomic E-state index is 7.24. The second kappa shape index (κ2) is 15.1. The lowest BCUT2D eigenvalue weighted by atomic mass is 9.84. The monoisotopic (exact) mass is 721 g/mol. The van der Waals surface area contributed by atoms with E-state index in [1.54, 1.807) is 28.4 Å². The Kier molecular flexibility index (Phi) is 10.1. The van der Waals surface area contributed by atoms with E-state index in [0.717, 1.165) is 80.2 Å². The highest BCUT2D eigenvalue weighted by Gasteiger charge is 2.37. The molecule has 0 amide bonds. The summed E-state index contributed by atoms with van der Waals surface area (Å²) in [5.41, 5.74) is 8.38. The van der Waals surface area contributed by atoms with Crippen molar-refractivity contribution in [2.45, 2.75) is 44.3 Å². The summed E-state index contributed by atoms with van der Waals surface area (Å²) >= 11 is 0. The normalized spacial score (nSPS) is 20.3. The number of morpholine rings is 1. The smallest absolute Gasteiger partial charge is 0.204 e. The summed E-state index contributed by atoms with van der Waals surface area (Å²) in [6, 6.07) is 19.2. The standard InChI is InChI=1S/C43H51N3O7/c1-44-15-13-29-24-37(48-4)39-25-32(29)34(44)21-27-7-10-30(11-8-27)52-38-23-28(9-12-36(38)47-3)22-35-40-31(14-16-45(35)2)33(26-46-17-19-51-20-18-46)41(49-5)43(50-6)42(40)53-39/h7-12,23-25,34-35H,13-22,26H2,1-6H3. The molecule has 4 aromatic rings. The molecule has 10 nitrogen and oxygen atoms in total. The van der Waals surface area contributed by atoms with Crippen LogP contribution >= 0.6 is 0 Å². The number of hydrogen-bond acceptors (Lipinski definition) is 10. The topological polar surface area (TPSA) is 74.3 Å². The van der Waals surface area contributed by atoms with Crippen LogP contribution in [-0.4, -0.2) is 96.6 Å². The third-order valence-corrected chi connectivity index (χ3v) is 11.6. The van der Waals surface area contributed by atoms with Gasteiger partial charge in [-0.25, -0.2) is 0 Å². The summed E-state index contributed by atoms with van der Waals surface area (Å²) in [5.74, 6) is 5.50.